The summed E-state index contributed by atoms with van der Waals surface area (Å²) in [6.45, 7) is 3.20. The van der Waals surface area contributed by atoms with Crippen molar-refractivity contribution < 1.29 is 10.2 Å². The third-order valence-electron chi connectivity index (χ3n) is 2.31. The lowest BCUT2D eigenvalue weighted by molar-refractivity contribution is -0.368. The maximum Gasteiger partial charge on any atom is 0.276 e. The Morgan fingerprint density at radius 2 is 2.06 bits per heavy atom. The Bertz CT molecular complexity index is 278. The molecule has 0 saturated carbocycles. The van der Waals surface area contributed by atoms with Gasteiger partial charge in [-0.05, 0) is 25.7 Å². The van der Waals surface area contributed by atoms with E-state index in [0.717, 1.165) is 36.3 Å². The molecule has 0 unspecified atom stereocenters. The van der Waals surface area contributed by atoms with E-state index in [9.17, 15) is 0 Å². The van der Waals surface area contributed by atoms with Gasteiger partial charge in [0.05, 0.1) is 6.54 Å². The van der Waals surface area contributed by atoms with Crippen LogP contribution in [0, 0.1) is 0 Å². The summed E-state index contributed by atoms with van der Waals surface area (Å²) in [5.74, 6) is 1.85. The Morgan fingerprint density at radius 1 is 1.19 bits per heavy atom. The molecular weight excluding hydrogens is 222 g/mol. The van der Waals surface area contributed by atoms with E-state index in [4.69, 9.17) is 4.42 Å². The molecule has 0 spiro atoms. The van der Waals surface area contributed by atoms with Crippen LogP contribution in [0.15, 0.2) is 9.64 Å². The fraction of sp³-hybridized carbons (Fsp3) is 0.818. The Kier molecular flexibility index (Phi) is 7.25. The van der Waals surface area contributed by atoms with Crippen LogP contribution < -0.4 is 5.73 Å². The van der Waals surface area contributed by atoms with Gasteiger partial charge < -0.3 is 10.2 Å². The van der Waals surface area contributed by atoms with E-state index in [-0.39, 0.29) is 0 Å². The normalized spacial score (nSPS) is 10.9. The second-order valence-corrected chi connectivity index (χ2v) is 4.87. The number of thioether (sulfide) groups is 1. The number of rotatable bonds is 9. The van der Waals surface area contributed by atoms with Gasteiger partial charge in [0.1, 0.15) is 0 Å². The Morgan fingerprint density at radius 3 is 2.81 bits per heavy atom. The summed E-state index contributed by atoms with van der Waals surface area (Å²) in [6, 6.07) is 0. The average Bonchev–Trinajstić information content (AvgIpc) is 2.73. The standard InChI is InChI=1S/C11H21N3OS/c1-2-3-9-16-11-14-13-10(15-11)7-5-4-6-8-12/h2-9,12H2,1H3/p+1. The third-order valence-corrected chi connectivity index (χ3v) is 3.22. The van der Waals surface area contributed by atoms with Crippen LogP contribution in [0.1, 0.15) is 44.9 Å². The molecule has 0 aliphatic heterocycles. The van der Waals surface area contributed by atoms with Crippen molar-refractivity contribution in [1.82, 2.24) is 10.2 Å². The van der Waals surface area contributed by atoms with Crippen molar-refractivity contribution in [2.45, 2.75) is 50.7 Å². The second-order valence-electron chi connectivity index (χ2n) is 3.83. The summed E-state index contributed by atoms with van der Waals surface area (Å²) >= 11 is 1.66. The monoisotopic (exact) mass is 244 g/mol. The summed E-state index contributed by atoms with van der Waals surface area (Å²) in [5, 5.41) is 8.78. The smallest absolute Gasteiger partial charge is 0.276 e. The highest BCUT2D eigenvalue weighted by Gasteiger charge is 2.05. The van der Waals surface area contributed by atoms with E-state index in [1.54, 1.807) is 11.8 Å². The van der Waals surface area contributed by atoms with Crippen LogP contribution in [0.25, 0.3) is 0 Å². The number of aromatic nitrogens is 2. The van der Waals surface area contributed by atoms with Crippen LogP contribution in [0.2, 0.25) is 0 Å². The summed E-state index contributed by atoms with van der Waals surface area (Å²) in [6.07, 6.45) is 6.82. The van der Waals surface area contributed by atoms with E-state index in [1.165, 1.54) is 25.7 Å². The van der Waals surface area contributed by atoms with Gasteiger partial charge in [-0.3, -0.25) is 0 Å². The van der Waals surface area contributed by atoms with Crippen molar-refractivity contribution in [2.75, 3.05) is 12.3 Å². The van der Waals surface area contributed by atoms with Crippen molar-refractivity contribution in [1.29, 1.82) is 0 Å². The third kappa shape index (κ3) is 5.51. The molecule has 0 aliphatic rings. The molecule has 0 atom stereocenters. The maximum atomic E-state index is 5.54. The number of aryl methyl sites for hydroxylation is 1. The van der Waals surface area contributed by atoms with Gasteiger partial charge in [-0.1, -0.05) is 25.1 Å². The first-order chi connectivity index (χ1) is 7.86. The predicted octanol–water partition coefficient (Wildman–Crippen LogP) is 1.92. The van der Waals surface area contributed by atoms with Crippen LogP contribution in [-0.2, 0) is 6.42 Å². The topological polar surface area (TPSA) is 66.6 Å². The minimum atomic E-state index is 0.723. The van der Waals surface area contributed by atoms with Crippen molar-refractivity contribution >= 4 is 11.8 Å². The molecule has 5 heteroatoms. The zero-order chi connectivity index (χ0) is 11.6. The maximum absolute atomic E-state index is 5.54. The second kappa shape index (κ2) is 8.58. The van der Waals surface area contributed by atoms with E-state index < -0.39 is 0 Å². The van der Waals surface area contributed by atoms with Gasteiger partial charge in [0.2, 0.25) is 5.89 Å². The van der Waals surface area contributed by atoms with Crippen LogP contribution in [0.4, 0.5) is 0 Å². The largest absolute Gasteiger partial charge is 0.416 e. The van der Waals surface area contributed by atoms with Gasteiger partial charge in [-0.15, -0.1) is 10.2 Å². The van der Waals surface area contributed by atoms with Gasteiger partial charge >= 0.3 is 0 Å². The Balaban J connectivity index is 2.17. The number of hydrogen-bond acceptors (Lipinski definition) is 4. The first-order valence-electron chi connectivity index (χ1n) is 6.11. The van der Waals surface area contributed by atoms with Crippen LogP contribution in [-0.4, -0.2) is 22.5 Å². The summed E-state index contributed by atoms with van der Waals surface area (Å²) < 4.78 is 5.54. The lowest BCUT2D eigenvalue weighted by atomic mass is 10.2. The summed E-state index contributed by atoms with van der Waals surface area (Å²) in [7, 11) is 0. The Hall–Kier alpha value is -0.550. The lowest BCUT2D eigenvalue weighted by Crippen LogP contribution is -2.50. The van der Waals surface area contributed by atoms with Crippen molar-refractivity contribution in [3.63, 3.8) is 0 Å². The van der Waals surface area contributed by atoms with Crippen molar-refractivity contribution in [2.24, 2.45) is 0 Å². The molecule has 92 valence electrons. The number of quaternary nitrogens is 1. The predicted molar refractivity (Wildman–Crippen MR) is 65.2 cm³/mol. The van der Waals surface area contributed by atoms with Gasteiger partial charge in [-0.25, -0.2) is 0 Å². The highest BCUT2D eigenvalue weighted by Crippen LogP contribution is 2.18. The molecule has 0 amide bonds. The zero-order valence-electron chi connectivity index (χ0n) is 10.1. The van der Waals surface area contributed by atoms with Crippen molar-refractivity contribution in [3.8, 4) is 0 Å². The van der Waals surface area contributed by atoms with Gasteiger partial charge in [0.25, 0.3) is 5.22 Å². The van der Waals surface area contributed by atoms with Crippen LogP contribution in [0.5, 0.6) is 0 Å². The number of nitrogens with zero attached hydrogens (tertiary/aromatic N) is 2. The molecule has 0 bridgehead atoms. The van der Waals surface area contributed by atoms with E-state index >= 15 is 0 Å². The molecule has 16 heavy (non-hydrogen) atoms. The number of unbranched alkanes of at least 4 members (excludes halogenated alkanes) is 3. The van der Waals surface area contributed by atoms with E-state index in [0.29, 0.717) is 0 Å². The van der Waals surface area contributed by atoms with Gasteiger partial charge in [-0.2, -0.15) is 0 Å². The minimum Gasteiger partial charge on any atom is -0.416 e. The summed E-state index contributed by atoms with van der Waals surface area (Å²) in [4.78, 5) is 0. The highest BCUT2D eigenvalue weighted by molar-refractivity contribution is 7.99. The molecular formula is C11H22N3OS+. The molecule has 0 aromatic carbocycles. The molecule has 1 aromatic rings. The fourth-order valence-electron chi connectivity index (χ4n) is 1.33. The first-order valence-corrected chi connectivity index (χ1v) is 7.09. The molecule has 0 saturated heterocycles. The highest BCUT2D eigenvalue weighted by atomic mass is 32.2. The Labute approximate surface area is 101 Å². The van der Waals surface area contributed by atoms with Crippen molar-refractivity contribution in [3.05, 3.63) is 5.89 Å². The van der Waals surface area contributed by atoms with E-state index in [1.807, 2.05) is 0 Å². The molecule has 4 nitrogen and oxygen atoms in total. The lowest BCUT2D eigenvalue weighted by Gasteiger charge is -1.94. The molecule has 0 radical (unpaired) electrons. The van der Waals surface area contributed by atoms with Crippen LogP contribution in [0.3, 0.4) is 0 Å². The van der Waals surface area contributed by atoms with Gasteiger partial charge in [0.15, 0.2) is 0 Å². The first kappa shape index (κ1) is 13.5. The molecule has 1 rings (SSSR count). The molecule has 0 fully saturated rings. The molecule has 3 N–H and O–H groups in total. The van der Waals surface area contributed by atoms with Gasteiger partial charge in [0, 0.05) is 12.2 Å². The molecule has 1 heterocycles. The average molecular weight is 244 g/mol. The fourth-order valence-corrected chi connectivity index (χ4v) is 2.19. The quantitative estimate of drug-likeness (QED) is 0.532. The van der Waals surface area contributed by atoms with E-state index in [2.05, 4.69) is 22.9 Å². The molecule has 1 aromatic heterocycles. The number of hydrogen-bond donors (Lipinski definition) is 1. The van der Waals surface area contributed by atoms with Crippen LogP contribution >= 0.6 is 11.8 Å². The minimum absolute atomic E-state index is 0.723. The molecule has 0 aliphatic carbocycles. The summed E-state index contributed by atoms with van der Waals surface area (Å²) in [5.41, 5.74) is 3.82. The zero-order valence-corrected chi connectivity index (χ0v) is 10.9. The SMILES string of the molecule is CCCCSc1nnc(CCCCC[NH3+])o1.